The Morgan fingerprint density at radius 2 is 2.39 bits per heavy atom. The third-order valence-corrected chi connectivity index (χ3v) is 4.08. The van der Waals surface area contributed by atoms with Crippen LogP contribution >= 0.6 is 0 Å². The van der Waals surface area contributed by atoms with Crippen LogP contribution in [-0.4, -0.2) is 60.9 Å². The zero-order valence-corrected chi connectivity index (χ0v) is 11.1. The molecule has 0 bridgehead atoms. The van der Waals surface area contributed by atoms with Crippen LogP contribution in [0.15, 0.2) is 0 Å². The second-order valence-electron chi connectivity index (χ2n) is 5.25. The van der Waals surface area contributed by atoms with E-state index in [-0.39, 0.29) is 24.7 Å². The number of hydrogen-bond acceptors (Lipinski definition) is 4. The van der Waals surface area contributed by atoms with Gasteiger partial charge in [-0.25, -0.2) is 0 Å². The smallest absolute Gasteiger partial charge is 0.240 e. The molecular weight excluding hydrogens is 232 g/mol. The first-order chi connectivity index (χ1) is 8.76. The van der Waals surface area contributed by atoms with Gasteiger partial charge >= 0.3 is 0 Å². The van der Waals surface area contributed by atoms with Crippen LogP contribution in [0.5, 0.6) is 0 Å². The first kappa shape index (κ1) is 13.8. The van der Waals surface area contributed by atoms with E-state index in [1.54, 1.807) is 7.11 Å². The molecule has 18 heavy (non-hydrogen) atoms. The maximum Gasteiger partial charge on any atom is 0.240 e. The van der Waals surface area contributed by atoms with E-state index in [0.717, 1.165) is 45.2 Å². The Kier molecular flexibility index (Phi) is 4.97. The van der Waals surface area contributed by atoms with Gasteiger partial charge in [0, 0.05) is 32.8 Å². The Hall–Kier alpha value is -0.650. The summed E-state index contributed by atoms with van der Waals surface area (Å²) in [7, 11) is 1.69. The highest BCUT2D eigenvalue weighted by molar-refractivity contribution is 5.82. The minimum Gasteiger partial charge on any atom is -0.396 e. The van der Waals surface area contributed by atoms with E-state index in [9.17, 15) is 4.79 Å². The standard InChI is InChI=1S/C13H24N2O3/c1-18-11-8-12(14-9-11)13(17)15-6-2-4-10(15)5-3-7-16/h10-12,14,16H,2-9H2,1H3. The second kappa shape index (κ2) is 6.50. The molecule has 0 radical (unpaired) electrons. The topological polar surface area (TPSA) is 61.8 Å². The van der Waals surface area contributed by atoms with Crippen LogP contribution in [0.4, 0.5) is 0 Å². The third kappa shape index (κ3) is 3.02. The Bertz CT molecular complexity index is 285. The Morgan fingerprint density at radius 1 is 1.56 bits per heavy atom. The summed E-state index contributed by atoms with van der Waals surface area (Å²) in [5, 5.41) is 12.1. The van der Waals surface area contributed by atoms with Crippen LogP contribution in [0, 0.1) is 0 Å². The largest absolute Gasteiger partial charge is 0.396 e. The zero-order chi connectivity index (χ0) is 13.0. The number of nitrogens with zero attached hydrogens (tertiary/aromatic N) is 1. The zero-order valence-electron chi connectivity index (χ0n) is 11.1. The summed E-state index contributed by atoms with van der Waals surface area (Å²) < 4.78 is 5.28. The molecule has 2 rings (SSSR count). The van der Waals surface area contributed by atoms with Gasteiger partial charge in [-0.3, -0.25) is 4.79 Å². The molecule has 2 heterocycles. The molecule has 3 atom stereocenters. The van der Waals surface area contributed by atoms with E-state index in [1.807, 2.05) is 4.90 Å². The lowest BCUT2D eigenvalue weighted by Gasteiger charge is -2.27. The maximum atomic E-state index is 12.4. The van der Waals surface area contributed by atoms with Crippen molar-refractivity contribution in [1.82, 2.24) is 10.2 Å². The number of carbonyl (C=O) groups excluding carboxylic acids is 1. The Balaban J connectivity index is 1.87. The summed E-state index contributed by atoms with van der Waals surface area (Å²) in [6.45, 7) is 1.85. The summed E-state index contributed by atoms with van der Waals surface area (Å²) in [5.41, 5.74) is 0. The molecular formula is C13H24N2O3. The first-order valence-electron chi connectivity index (χ1n) is 6.93. The lowest BCUT2D eigenvalue weighted by molar-refractivity contribution is -0.134. The number of ether oxygens (including phenoxy) is 1. The summed E-state index contributed by atoms with van der Waals surface area (Å²) in [6.07, 6.45) is 4.81. The van der Waals surface area contributed by atoms with Gasteiger partial charge in [0.25, 0.3) is 0 Å². The number of likely N-dealkylation sites (tertiary alicyclic amines) is 1. The van der Waals surface area contributed by atoms with Crippen LogP contribution in [-0.2, 0) is 9.53 Å². The SMILES string of the molecule is COC1CNC(C(=O)N2CCCC2CCCO)C1. The number of amides is 1. The van der Waals surface area contributed by atoms with Gasteiger partial charge in [-0.2, -0.15) is 0 Å². The molecule has 0 aliphatic carbocycles. The third-order valence-electron chi connectivity index (χ3n) is 4.08. The lowest BCUT2D eigenvalue weighted by Crippen LogP contribution is -2.45. The molecule has 0 aromatic rings. The van der Waals surface area contributed by atoms with Gasteiger partial charge in [-0.1, -0.05) is 0 Å². The number of aliphatic hydroxyl groups is 1. The fourth-order valence-corrected chi connectivity index (χ4v) is 3.02. The van der Waals surface area contributed by atoms with Gasteiger partial charge in [0.15, 0.2) is 0 Å². The van der Waals surface area contributed by atoms with Crippen LogP contribution in [0.1, 0.15) is 32.1 Å². The van der Waals surface area contributed by atoms with Crippen molar-refractivity contribution >= 4 is 5.91 Å². The molecule has 2 aliphatic heterocycles. The molecule has 0 aromatic heterocycles. The number of methoxy groups -OCH3 is 1. The minimum atomic E-state index is -0.0790. The van der Waals surface area contributed by atoms with E-state index in [2.05, 4.69) is 5.32 Å². The van der Waals surface area contributed by atoms with Crippen molar-refractivity contribution in [3.8, 4) is 0 Å². The minimum absolute atomic E-state index is 0.0790. The Labute approximate surface area is 108 Å². The monoisotopic (exact) mass is 256 g/mol. The van der Waals surface area contributed by atoms with Crippen molar-refractivity contribution in [3.05, 3.63) is 0 Å². The summed E-state index contributed by atoms with van der Waals surface area (Å²) in [4.78, 5) is 14.4. The van der Waals surface area contributed by atoms with Crippen molar-refractivity contribution < 1.29 is 14.6 Å². The maximum absolute atomic E-state index is 12.4. The van der Waals surface area contributed by atoms with E-state index in [1.165, 1.54) is 0 Å². The second-order valence-corrected chi connectivity index (χ2v) is 5.25. The highest BCUT2D eigenvalue weighted by Crippen LogP contribution is 2.24. The van der Waals surface area contributed by atoms with Crippen LogP contribution < -0.4 is 5.32 Å². The van der Waals surface area contributed by atoms with Gasteiger partial charge in [0.1, 0.15) is 0 Å². The molecule has 5 heteroatoms. The van der Waals surface area contributed by atoms with Gasteiger partial charge in [0.05, 0.1) is 12.1 Å². The normalized spacial score (nSPS) is 32.1. The van der Waals surface area contributed by atoms with Gasteiger partial charge < -0.3 is 20.1 Å². The molecule has 1 amide bonds. The number of hydrogen-bond donors (Lipinski definition) is 2. The fourth-order valence-electron chi connectivity index (χ4n) is 3.02. The fraction of sp³-hybridized carbons (Fsp3) is 0.923. The lowest BCUT2D eigenvalue weighted by atomic mass is 10.1. The van der Waals surface area contributed by atoms with Crippen LogP contribution in [0.25, 0.3) is 0 Å². The van der Waals surface area contributed by atoms with Crippen molar-refractivity contribution in [2.45, 2.75) is 50.3 Å². The molecule has 2 aliphatic rings. The van der Waals surface area contributed by atoms with Gasteiger partial charge in [-0.05, 0) is 32.1 Å². The molecule has 0 aromatic carbocycles. The summed E-state index contributed by atoms with van der Waals surface area (Å²) >= 11 is 0. The quantitative estimate of drug-likeness (QED) is 0.734. The molecule has 2 N–H and O–H groups in total. The highest BCUT2D eigenvalue weighted by atomic mass is 16.5. The van der Waals surface area contributed by atoms with Gasteiger partial charge in [0.2, 0.25) is 5.91 Å². The molecule has 3 unspecified atom stereocenters. The van der Waals surface area contributed by atoms with Crippen molar-refractivity contribution in [3.63, 3.8) is 0 Å². The number of nitrogens with one attached hydrogen (secondary N) is 1. The number of carbonyl (C=O) groups is 1. The summed E-state index contributed by atoms with van der Waals surface area (Å²) in [5.74, 6) is 0.218. The molecule has 0 spiro atoms. The van der Waals surface area contributed by atoms with Gasteiger partial charge in [-0.15, -0.1) is 0 Å². The Morgan fingerprint density at radius 3 is 3.06 bits per heavy atom. The van der Waals surface area contributed by atoms with Crippen molar-refractivity contribution in [2.75, 3.05) is 26.8 Å². The van der Waals surface area contributed by atoms with Crippen LogP contribution in [0.2, 0.25) is 0 Å². The van der Waals surface area contributed by atoms with E-state index < -0.39 is 0 Å². The average molecular weight is 256 g/mol. The molecule has 104 valence electrons. The first-order valence-corrected chi connectivity index (χ1v) is 6.93. The molecule has 2 saturated heterocycles. The summed E-state index contributed by atoms with van der Waals surface area (Å²) in [6, 6.07) is 0.248. The number of aliphatic hydroxyl groups excluding tert-OH is 1. The predicted octanol–water partition coefficient (Wildman–Crippen LogP) is 0.127. The van der Waals surface area contributed by atoms with Crippen molar-refractivity contribution in [2.24, 2.45) is 0 Å². The predicted molar refractivity (Wildman–Crippen MR) is 68.3 cm³/mol. The highest BCUT2D eigenvalue weighted by Gasteiger charge is 2.36. The molecule has 0 saturated carbocycles. The number of rotatable bonds is 5. The molecule has 5 nitrogen and oxygen atoms in total. The van der Waals surface area contributed by atoms with E-state index >= 15 is 0 Å². The van der Waals surface area contributed by atoms with Crippen molar-refractivity contribution in [1.29, 1.82) is 0 Å². The van der Waals surface area contributed by atoms with E-state index in [4.69, 9.17) is 9.84 Å². The van der Waals surface area contributed by atoms with E-state index in [0.29, 0.717) is 6.04 Å². The average Bonchev–Trinajstić information content (AvgIpc) is 3.04. The van der Waals surface area contributed by atoms with Crippen LogP contribution in [0.3, 0.4) is 0 Å². The molecule has 2 fully saturated rings.